The average molecular weight is 356 g/mol. The Labute approximate surface area is 126 Å². The van der Waals surface area contributed by atoms with Gasteiger partial charge in [0, 0.05) is 0 Å². The molecule has 0 N–H and O–H groups in total. The van der Waals surface area contributed by atoms with Gasteiger partial charge in [-0.2, -0.15) is 0 Å². The monoisotopic (exact) mass is 356 g/mol. The molecule has 2 rings (SSSR count). The lowest BCUT2D eigenvalue weighted by molar-refractivity contribution is 0.174. The molecule has 18 heavy (non-hydrogen) atoms. The standard InChI is InChI=1S/C17H25I/c1-11(2)6-8-14-12(3)17(4,5)16-10-13(18)7-9-15(14)16/h6-8,12,14-16H,1,9-10H2,2-5H3/b8-6-. The molecule has 0 aromatic carbocycles. The Hall–Kier alpha value is -0.0500. The summed E-state index contributed by atoms with van der Waals surface area (Å²) in [4.78, 5) is 0. The maximum absolute atomic E-state index is 3.99. The minimum atomic E-state index is 0.458. The molecule has 2 aliphatic rings. The van der Waals surface area contributed by atoms with E-state index in [-0.39, 0.29) is 0 Å². The maximum atomic E-state index is 3.99. The SMILES string of the molecule is C=C(C)/C=C\C1C2CC=C(I)CC2C(C)(C)C1C. The summed E-state index contributed by atoms with van der Waals surface area (Å²) in [5.74, 6) is 3.18. The van der Waals surface area contributed by atoms with Crippen LogP contribution in [0.1, 0.15) is 40.5 Å². The number of fused-ring (bicyclic) bond motifs is 1. The highest BCUT2D eigenvalue weighted by Gasteiger charge is 2.52. The summed E-state index contributed by atoms with van der Waals surface area (Å²) in [5.41, 5.74) is 1.63. The van der Waals surface area contributed by atoms with Crippen LogP contribution in [0.15, 0.2) is 34.0 Å². The van der Waals surface area contributed by atoms with Gasteiger partial charge in [0.15, 0.2) is 0 Å². The van der Waals surface area contributed by atoms with E-state index in [0.29, 0.717) is 5.41 Å². The summed E-state index contributed by atoms with van der Waals surface area (Å²) in [7, 11) is 0. The third kappa shape index (κ3) is 2.48. The number of allylic oxidation sites excluding steroid dienone is 5. The molecule has 0 saturated heterocycles. The summed E-state index contributed by atoms with van der Waals surface area (Å²) in [5, 5.41) is 0. The van der Waals surface area contributed by atoms with Gasteiger partial charge in [-0.15, -0.1) is 0 Å². The summed E-state index contributed by atoms with van der Waals surface area (Å²) < 4.78 is 1.57. The molecule has 0 spiro atoms. The van der Waals surface area contributed by atoms with Crippen molar-refractivity contribution in [2.45, 2.75) is 40.5 Å². The largest absolute Gasteiger partial charge is 0.0961 e. The average Bonchev–Trinajstić information content (AvgIpc) is 2.46. The van der Waals surface area contributed by atoms with E-state index in [9.17, 15) is 0 Å². The van der Waals surface area contributed by atoms with Gasteiger partial charge in [-0.1, -0.05) is 51.2 Å². The number of hydrogen-bond acceptors (Lipinski definition) is 0. The van der Waals surface area contributed by atoms with Crippen LogP contribution in [0.4, 0.5) is 0 Å². The second-order valence-corrected chi connectivity index (χ2v) is 8.14. The molecule has 4 atom stereocenters. The summed E-state index contributed by atoms with van der Waals surface area (Å²) in [6.07, 6.45) is 9.67. The molecule has 1 heteroatoms. The molecule has 1 fully saturated rings. The predicted molar refractivity (Wildman–Crippen MR) is 88.7 cm³/mol. The first-order valence-electron chi connectivity index (χ1n) is 7.02. The highest BCUT2D eigenvalue weighted by atomic mass is 127. The fourth-order valence-corrected chi connectivity index (χ4v) is 4.63. The van der Waals surface area contributed by atoms with Crippen molar-refractivity contribution in [1.82, 2.24) is 0 Å². The van der Waals surface area contributed by atoms with Crippen molar-refractivity contribution in [1.29, 1.82) is 0 Å². The Bertz CT molecular complexity index is 400. The lowest BCUT2D eigenvalue weighted by Crippen LogP contribution is -2.27. The number of rotatable bonds is 2. The van der Waals surface area contributed by atoms with Gasteiger partial charge < -0.3 is 0 Å². The van der Waals surface area contributed by atoms with Crippen LogP contribution >= 0.6 is 22.6 Å². The summed E-state index contributed by atoms with van der Waals surface area (Å²) in [6.45, 7) is 13.5. The van der Waals surface area contributed by atoms with E-state index < -0.39 is 0 Å². The second-order valence-electron chi connectivity index (χ2n) is 6.75. The minimum Gasteiger partial charge on any atom is -0.0961 e. The first-order valence-corrected chi connectivity index (χ1v) is 8.10. The van der Waals surface area contributed by atoms with E-state index in [0.717, 1.165) is 23.7 Å². The van der Waals surface area contributed by atoms with Crippen LogP contribution in [-0.2, 0) is 0 Å². The van der Waals surface area contributed by atoms with Crippen LogP contribution in [0.25, 0.3) is 0 Å². The van der Waals surface area contributed by atoms with Gasteiger partial charge in [-0.05, 0) is 75.0 Å². The van der Waals surface area contributed by atoms with Crippen LogP contribution < -0.4 is 0 Å². The Morgan fingerprint density at radius 2 is 2.17 bits per heavy atom. The first-order chi connectivity index (χ1) is 8.34. The zero-order valence-electron chi connectivity index (χ0n) is 12.0. The van der Waals surface area contributed by atoms with Crippen LogP contribution in [-0.4, -0.2) is 0 Å². The maximum Gasteiger partial charge on any atom is -0.0131 e. The quantitative estimate of drug-likeness (QED) is 0.436. The molecular formula is C17H25I. The van der Waals surface area contributed by atoms with E-state index in [4.69, 9.17) is 0 Å². The molecule has 1 saturated carbocycles. The van der Waals surface area contributed by atoms with Crippen molar-refractivity contribution in [2.75, 3.05) is 0 Å². The third-order valence-electron chi connectivity index (χ3n) is 5.35. The fraction of sp³-hybridized carbons (Fsp3) is 0.647. The summed E-state index contributed by atoms with van der Waals surface area (Å²) >= 11 is 2.52. The molecule has 100 valence electrons. The predicted octanol–water partition coefficient (Wildman–Crippen LogP) is 5.76. The lowest BCUT2D eigenvalue weighted by Gasteiger charge is -2.35. The van der Waals surface area contributed by atoms with E-state index >= 15 is 0 Å². The van der Waals surface area contributed by atoms with E-state index in [2.05, 4.69) is 75.1 Å². The molecule has 0 aliphatic heterocycles. The van der Waals surface area contributed by atoms with Gasteiger partial charge in [0.2, 0.25) is 0 Å². The van der Waals surface area contributed by atoms with Gasteiger partial charge in [0.25, 0.3) is 0 Å². The van der Waals surface area contributed by atoms with Gasteiger partial charge >= 0.3 is 0 Å². The number of halogens is 1. The van der Waals surface area contributed by atoms with E-state index in [1.807, 2.05) is 0 Å². The molecule has 0 aromatic rings. The zero-order valence-corrected chi connectivity index (χ0v) is 14.2. The van der Waals surface area contributed by atoms with Crippen molar-refractivity contribution < 1.29 is 0 Å². The Morgan fingerprint density at radius 1 is 1.50 bits per heavy atom. The van der Waals surface area contributed by atoms with Crippen LogP contribution in [0, 0.1) is 29.1 Å². The molecule has 0 bridgehead atoms. The fourth-order valence-electron chi connectivity index (χ4n) is 3.90. The highest BCUT2D eigenvalue weighted by Crippen LogP contribution is 2.59. The summed E-state index contributed by atoms with van der Waals surface area (Å²) in [6, 6.07) is 0. The van der Waals surface area contributed by atoms with Crippen molar-refractivity contribution in [3.8, 4) is 0 Å². The normalized spacial score (nSPS) is 38.6. The van der Waals surface area contributed by atoms with Gasteiger partial charge in [-0.3, -0.25) is 0 Å². The second kappa shape index (κ2) is 5.15. The van der Waals surface area contributed by atoms with E-state index in [1.165, 1.54) is 18.4 Å². The Morgan fingerprint density at radius 3 is 2.78 bits per heavy atom. The van der Waals surface area contributed by atoms with Crippen LogP contribution in [0.3, 0.4) is 0 Å². The first kappa shape index (κ1) is 14.4. The minimum absolute atomic E-state index is 0.458. The Balaban J connectivity index is 2.29. The number of hydrogen-bond donors (Lipinski definition) is 0. The molecule has 2 aliphatic carbocycles. The van der Waals surface area contributed by atoms with Gasteiger partial charge in [-0.25, -0.2) is 0 Å². The molecule has 0 nitrogen and oxygen atoms in total. The molecule has 0 amide bonds. The highest BCUT2D eigenvalue weighted by molar-refractivity contribution is 14.1. The lowest BCUT2D eigenvalue weighted by atomic mass is 9.71. The zero-order chi connectivity index (χ0) is 13.5. The van der Waals surface area contributed by atoms with E-state index in [1.54, 1.807) is 3.58 Å². The molecule has 0 radical (unpaired) electrons. The van der Waals surface area contributed by atoms with Gasteiger partial charge in [0.05, 0.1) is 0 Å². The molecule has 0 heterocycles. The molecule has 4 unspecified atom stereocenters. The van der Waals surface area contributed by atoms with Crippen molar-refractivity contribution >= 4 is 22.6 Å². The molecule has 0 aromatic heterocycles. The van der Waals surface area contributed by atoms with Crippen LogP contribution in [0.2, 0.25) is 0 Å². The third-order valence-corrected chi connectivity index (χ3v) is 6.23. The van der Waals surface area contributed by atoms with Crippen LogP contribution in [0.5, 0.6) is 0 Å². The van der Waals surface area contributed by atoms with Crippen molar-refractivity contribution in [3.63, 3.8) is 0 Å². The smallest absolute Gasteiger partial charge is 0.0131 e. The van der Waals surface area contributed by atoms with Crippen molar-refractivity contribution in [2.24, 2.45) is 29.1 Å². The van der Waals surface area contributed by atoms with Crippen molar-refractivity contribution in [3.05, 3.63) is 34.0 Å². The topological polar surface area (TPSA) is 0 Å². The molecular weight excluding hydrogens is 331 g/mol. The Kier molecular flexibility index (Phi) is 4.10. The van der Waals surface area contributed by atoms with Gasteiger partial charge in [0.1, 0.15) is 0 Å².